The predicted octanol–water partition coefficient (Wildman–Crippen LogP) is 10.2. The second kappa shape index (κ2) is 13.6. The van der Waals surface area contributed by atoms with E-state index in [0.717, 1.165) is 38.0 Å². The Labute approximate surface area is 296 Å². The Morgan fingerprint density at radius 2 is 0.479 bits per heavy atom. The molecule has 1 saturated carbocycles. The molecule has 48 heavy (non-hydrogen) atoms. The second-order valence-corrected chi connectivity index (χ2v) is 26.7. The summed E-state index contributed by atoms with van der Waals surface area (Å²) in [7, 11) is 0. The first-order chi connectivity index (χ1) is 23.4. The van der Waals surface area contributed by atoms with E-state index in [2.05, 4.69) is 182 Å². The van der Waals surface area contributed by atoms with Crippen LogP contribution in [0.3, 0.4) is 0 Å². The van der Waals surface area contributed by atoms with Crippen molar-refractivity contribution in [2.45, 2.75) is 25.7 Å². The molecule has 0 amide bonds. The molecule has 0 heterocycles. The summed E-state index contributed by atoms with van der Waals surface area (Å²) >= 11 is 17.1. The van der Waals surface area contributed by atoms with Gasteiger partial charge in [-0.05, 0) is 0 Å². The standard InChI is InChI=1S/C44H44Cl2P2/c45-47(39-19-7-1-8-20-39,40-21-9-2-10-22-40,41-23-11-3-12-24-41)35-37-31-33-38(34-32-37)36-48(46,42-25-13-4-14-26-42,43-27-15-5-16-28-43)44-29-17-6-18-30-44/h1-30,37-38H,31-36H2. The van der Waals surface area contributed by atoms with Crippen LogP contribution in [-0.4, -0.2) is 12.3 Å². The van der Waals surface area contributed by atoms with Crippen LogP contribution in [0.5, 0.6) is 0 Å². The first-order valence-electron chi connectivity index (χ1n) is 17.2. The first-order valence-corrected chi connectivity index (χ1v) is 23.9. The molecule has 1 aliphatic rings. The Morgan fingerprint density at radius 3 is 0.646 bits per heavy atom. The minimum absolute atomic E-state index is 0.503. The molecule has 0 spiro atoms. The normalized spacial score (nSPS) is 18.5. The first kappa shape index (κ1) is 33.3. The third-order valence-corrected chi connectivity index (χ3v) is 25.9. The monoisotopic (exact) mass is 704 g/mol. The van der Waals surface area contributed by atoms with Gasteiger partial charge in [0.25, 0.3) is 0 Å². The number of halogens is 2. The second-order valence-electron chi connectivity index (χ2n) is 13.6. The molecule has 0 saturated heterocycles. The Bertz CT molecular complexity index is 1570. The molecule has 4 heteroatoms. The molecular weight excluding hydrogens is 661 g/mol. The van der Waals surface area contributed by atoms with Gasteiger partial charge in [0, 0.05) is 0 Å². The average Bonchev–Trinajstić information content (AvgIpc) is 3.18. The quantitative estimate of drug-likeness (QED) is 0.125. The van der Waals surface area contributed by atoms with Crippen molar-refractivity contribution in [1.82, 2.24) is 0 Å². The van der Waals surface area contributed by atoms with Crippen LogP contribution in [0.1, 0.15) is 25.7 Å². The molecule has 6 aromatic rings. The van der Waals surface area contributed by atoms with Crippen molar-refractivity contribution in [3.63, 3.8) is 0 Å². The summed E-state index contributed by atoms with van der Waals surface area (Å²) in [6.07, 6.45) is 6.48. The molecule has 1 fully saturated rings. The van der Waals surface area contributed by atoms with Crippen molar-refractivity contribution < 1.29 is 0 Å². The summed E-state index contributed by atoms with van der Waals surface area (Å²) in [4.78, 5) is 0. The van der Waals surface area contributed by atoms with Gasteiger partial charge in [0.15, 0.2) is 0 Å². The van der Waals surface area contributed by atoms with Crippen LogP contribution in [-0.2, 0) is 0 Å². The van der Waals surface area contributed by atoms with Crippen molar-refractivity contribution in [3.8, 4) is 0 Å². The van der Waals surface area contributed by atoms with Gasteiger partial charge in [0.05, 0.1) is 0 Å². The molecule has 0 N–H and O–H groups in total. The van der Waals surface area contributed by atoms with Crippen LogP contribution in [0, 0.1) is 11.8 Å². The van der Waals surface area contributed by atoms with Crippen LogP contribution >= 0.6 is 34.4 Å². The third kappa shape index (κ3) is 5.66. The van der Waals surface area contributed by atoms with Gasteiger partial charge in [-0.15, -0.1) is 0 Å². The summed E-state index contributed by atoms with van der Waals surface area (Å²) in [5.41, 5.74) is 0. The van der Waals surface area contributed by atoms with E-state index in [9.17, 15) is 0 Å². The van der Waals surface area contributed by atoms with Gasteiger partial charge in [0.1, 0.15) is 0 Å². The van der Waals surface area contributed by atoms with Crippen LogP contribution in [0.4, 0.5) is 0 Å². The Balaban J connectivity index is 1.26. The minimum atomic E-state index is -3.32. The van der Waals surface area contributed by atoms with Crippen molar-refractivity contribution in [1.29, 1.82) is 0 Å². The zero-order valence-electron chi connectivity index (χ0n) is 27.4. The van der Waals surface area contributed by atoms with E-state index in [4.69, 9.17) is 22.5 Å². The van der Waals surface area contributed by atoms with Crippen molar-refractivity contribution in [2.75, 3.05) is 12.3 Å². The van der Waals surface area contributed by atoms with Gasteiger partial charge in [-0.25, -0.2) is 0 Å². The molecule has 0 aliphatic heterocycles. The van der Waals surface area contributed by atoms with Crippen LogP contribution in [0.15, 0.2) is 182 Å². The van der Waals surface area contributed by atoms with E-state index in [-0.39, 0.29) is 0 Å². The summed E-state index contributed by atoms with van der Waals surface area (Å²) in [5, 5.41) is 7.54. The zero-order valence-corrected chi connectivity index (χ0v) is 30.7. The molecule has 0 unspecified atom stereocenters. The molecule has 7 rings (SSSR count). The maximum absolute atomic E-state index is 8.53. The van der Waals surface area contributed by atoms with E-state index in [1.807, 2.05) is 0 Å². The fraction of sp³-hybridized carbons (Fsp3) is 0.182. The fourth-order valence-electron chi connectivity index (χ4n) is 8.53. The number of benzene rings is 6. The molecule has 244 valence electrons. The number of hydrogen-bond donors (Lipinski definition) is 0. The van der Waals surface area contributed by atoms with E-state index in [1.54, 1.807) is 0 Å². The fourth-order valence-corrected chi connectivity index (χ4v) is 22.2. The Kier molecular flexibility index (Phi) is 9.41. The van der Waals surface area contributed by atoms with Gasteiger partial charge in [-0.1, -0.05) is 0 Å². The van der Waals surface area contributed by atoms with Crippen molar-refractivity contribution >= 4 is 66.2 Å². The number of rotatable bonds is 10. The van der Waals surface area contributed by atoms with E-state index < -0.39 is 11.9 Å². The van der Waals surface area contributed by atoms with Gasteiger partial charge in [-0.2, -0.15) is 0 Å². The van der Waals surface area contributed by atoms with Crippen LogP contribution in [0.25, 0.3) is 0 Å². The summed E-state index contributed by atoms with van der Waals surface area (Å²) in [6.45, 7) is 0. The van der Waals surface area contributed by atoms with Crippen LogP contribution < -0.4 is 31.8 Å². The summed E-state index contributed by atoms with van der Waals surface area (Å²) in [6, 6.07) is 65.7. The van der Waals surface area contributed by atoms with Crippen molar-refractivity contribution in [3.05, 3.63) is 182 Å². The predicted molar refractivity (Wildman–Crippen MR) is 217 cm³/mol. The van der Waals surface area contributed by atoms with Gasteiger partial charge in [0.2, 0.25) is 0 Å². The number of hydrogen-bond acceptors (Lipinski definition) is 0. The summed E-state index contributed by atoms with van der Waals surface area (Å²) < 4.78 is 0. The molecule has 0 nitrogen and oxygen atoms in total. The maximum atomic E-state index is 8.53. The molecule has 6 aromatic carbocycles. The molecule has 0 aromatic heterocycles. The van der Waals surface area contributed by atoms with E-state index in [1.165, 1.54) is 31.8 Å². The summed E-state index contributed by atoms with van der Waals surface area (Å²) in [5.74, 6) is -5.64. The topological polar surface area (TPSA) is 0 Å². The third-order valence-electron chi connectivity index (χ3n) is 10.9. The van der Waals surface area contributed by atoms with Gasteiger partial charge >= 0.3 is 298 Å². The van der Waals surface area contributed by atoms with Crippen molar-refractivity contribution in [2.24, 2.45) is 11.8 Å². The van der Waals surface area contributed by atoms with Gasteiger partial charge in [-0.3, -0.25) is 0 Å². The molecule has 0 radical (unpaired) electrons. The average molecular weight is 706 g/mol. The molecular formula is C44H44Cl2P2. The zero-order chi connectivity index (χ0) is 33.0. The SMILES string of the molecule is ClP(CC1CCC(CP(Cl)(c2ccccc2)(c2ccccc2)c2ccccc2)CC1)(c1ccccc1)(c1ccccc1)c1ccccc1. The van der Waals surface area contributed by atoms with E-state index in [0.29, 0.717) is 11.8 Å². The Hall–Kier alpha value is -3.24. The molecule has 0 bridgehead atoms. The van der Waals surface area contributed by atoms with Crippen LogP contribution in [0.2, 0.25) is 0 Å². The van der Waals surface area contributed by atoms with Gasteiger partial charge < -0.3 is 0 Å². The van der Waals surface area contributed by atoms with E-state index >= 15 is 0 Å². The molecule has 1 aliphatic carbocycles. The molecule has 0 atom stereocenters. The Morgan fingerprint density at radius 1 is 0.312 bits per heavy atom.